The zero-order chi connectivity index (χ0) is 13.7. The Hall–Kier alpha value is -0.930. The molecule has 0 unspecified atom stereocenters. The van der Waals surface area contributed by atoms with E-state index in [1.807, 2.05) is 6.07 Å². The molecule has 0 spiro atoms. The van der Waals surface area contributed by atoms with E-state index in [1.54, 1.807) is 12.1 Å². The molecule has 3 heteroatoms. The van der Waals surface area contributed by atoms with Crippen molar-refractivity contribution < 1.29 is 4.39 Å². The molecule has 1 fully saturated rings. The second kappa shape index (κ2) is 7.01. The summed E-state index contributed by atoms with van der Waals surface area (Å²) in [6, 6.07) is 7.97. The predicted octanol–water partition coefficient (Wildman–Crippen LogP) is 3.31. The van der Waals surface area contributed by atoms with Crippen LogP contribution in [0.3, 0.4) is 0 Å². The molecule has 2 N–H and O–H groups in total. The first-order valence-corrected chi connectivity index (χ1v) is 7.43. The average Bonchev–Trinajstić information content (AvgIpc) is 2.39. The molecule has 2 rings (SSSR count). The van der Waals surface area contributed by atoms with Crippen LogP contribution < -0.4 is 5.73 Å². The summed E-state index contributed by atoms with van der Waals surface area (Å²) in [6.45, 7) is 4.13. The number of rotatable bonds is 5. The lowest BCUT2D eigenvalue weighted by atomic mass is 9.90. The lowest BCUT2D eigenvalue weighted by Crippen LogP contribution is -2.40. The van der Waals surface area contributed by atoms with Crippen molar-refractivity contribution in [3.05, 3.63) is 35.6 Å². The van der Waals surface area contributed by atoms with Gasteiger partial charge in [-0.2, -0.15) is 0 Å². The Kier molecular flexibility index (Phi) is 5.34. The van der Waals surface area contributed by atoms with E-state index in [9.17, 15) is 4.39 Å². The minimum Gasteiger partial charge on any atom is -0.328 e. The fourth-order valence-electron chi connectivity index (χ4n) is 3.01. The summed E-state index contributed by atoms with van der Waals surface area (Å²) in [5.41, 5.74) is 7.05. The average molecular weight is 264 g/mol. The van der Waals surface area contributed by atoms with Crippen LogP contribution in [0.4, 0.5) is 4.39 Å². The summed E-state index contributed by atoms with van der Waals surface area (Å²) >= 11 is 0. The summed E-state index contributed by atoms with van der Waals surface area (Å²) < 4.78 is 13.3. The molecule has 0 atom stereocenters. The SMILES string of the molecule is CCCN(Cc1cccc(F)c1)C1CCC(N)CC1. The fourth-order valence-corrected chi connectivity index (χ4v) is 3.01. The first-order chi connectivity index (χ1) is 9.19. The number of hydrogen-bond donors (Lipinski definition) is 1. The molecule has 1 aliphatic rings. The number of hydrogen-bond acceptors (Lipinski definition) is 2. The Morgan fingerprint density at radius 2 is 2.00 bits per heavy atom. The molecule has 0 saturated heterocycles. The molecule has 1 aromatic rings. The van der Waals surface area contributed by atoms with Gasteiger partial charge in [0.25, 0.3) is 0 Å². The third-order valence-electron chi connectivity index (χ3n) is 4.04. The minimum absolute atomic E-state index is 0.139. The summed E-state index contributed by atoms with van der Waals surface area (Å²) in [5, 5.41) is 0. The van der Waals surface area contributed by atoms with Crippen LogP contribution in [0.25, 0.3) is 0 Å². The van der Waals surface area contributed by atoms with E-state index in [1.165, 1.54) is 18.9 Å². The maximum Gasteiger partial charge on any atom is 0.123 e. The Morgan fingerprint density at radius 1 is 1.26 bits per heavy atom. The zero-order valence-corrected chi connectivity index (χ0v) is 11.8. The van der Waals surface area contributed by atoms with Crippen molar-refractivity contribution in [3.63, 3.8) is 0 Å². The van der Waals surface area contributed by atoms with Crippen molar-refractivity contribution in [1.29, 1.82) is 0 Å². The first-order valence-electron chi connectivity index (χ1n) is 7.43. The van der Waals surface area contributed by atoms with Crippen LogP contribution in [-0.4, -0.2) is 23.5 Å². The molecule has 0 bridgehead atoms. The first kappa shape index (κ1) is 14.5. The molecule has 1 aromatic carbocycles. The van der Waals surface area contributed by atoms with Crippen LogP contribution in [-0.2, 0) is 6.54 Å². The summed E-state index contributed by atoms with van der Waals surface area (Å²) in [4.78, 5) is 2.50. The van der Waals surface area contributed by atoms with Gasteiger partial charge in [-0.3, -0.25) is 4.90 Å². The molecule has 1 aliphatic carbocycles. The maximum atomic E-state index is 13.3. The smallest absolute Gasteiger partial charge is 0.123 e. The molecule has 0 heterocycles. The molecule has 2 nitrogen and oxygen atoms in total. The predicted molar refractivity (Wildman–Crippen MR) is 77.3 cm³/mol. The molecule has 106 valence electrons. The van der Waals surface area contributed by atoms with E-state index in [2.05, 4.69) is 11.8 Å². The van der Waals surface area contributed by atoms with Crippen molar-refractivity contribution in [3.8, 4) is 0 Å². The standard InChI is InChI=1S/C16H25FN2/c1-2-10-19(16-8-6-15(18)7-9-16)12-13-4-3-5-14(17)11-13/h3-5,11,15-16H,2,6-10,12,18H2,1H3. The van der Waals surface area contributed by atoms with Gasteiger partial charge in [0.1, 0.15) is 5.82 Å². The number of halogens is 1. The van der Waals surface area contributed by atoms with Crippen molar-refractivity contribution in [1.82, 2.24) is 4.90 Å². The topological polar surface area (TPSA) is 29.3 Å². The normalized spacial score (nSPS) is 23.8. The van der Waals surface area contributed by atoms with Gasteiger partial charge in [0.15, 0.2) is 0 Å². The number of benzene rings is 1. The third-order valence-corrected chi connectivity index (χ3v) is 4.04. The summed E-state index contributed by atoms with van der Waals surface area (Å²) in [6.07, 6.45) is 5.73. The molecular weight excluding hydrogens is 239 g/mol. The largest absolute Gasteiger partial charge is 0.328 e. The van der Waals surface area contributed by atoms with Gasteiger partial charge in [-0.05, 0) is 56.3 Å². The molecule has 0 radical (unpaired) electrons. The second-order valence-electron chi connectivity index (χ2n) is 5.67. The van der Waals surface area contributed by atoms with Crippen molar-refractivity contribution >= 4 is 0 Å². The van der Waals surface area contributed by atoms with Gasteiger partial charge in [-0.15, -0.1) is 0 Å². The summed E-state index contributed by atoms with van der Waals surface area (Å²) in [5.74, 6) is -0.139. The molecule has 0 amide bonds. The van der Waals surface area contributed by atoms with E-state index in [0.29, 0.717) is 12.1 Å². The van der Waals surface area contributed by atoms with Gasteiger partial charge in [-0.25, -0.2) is 4.39 Å². The van der Waals surface area contributed by atoms with Crippen molar-refractivity contribution in [2.24, 2.45) is 5.73 Å². The van der Waals surface area contributed by atoms with Crippen LogP contribution in [0.5, 0.6) is 0 Å². The van der Waals surface area contributed by atoms with Gasteiger partial charge in [0, 0.05) is 18.6 Å². The van der Waals surface area contributed by atoms with E-state index in [0.717, 1.165) is 37.9 Å². The Labute approximate surface area is 115 Å². The second-order valence-corrected chi connectivity index (χ2v) is 5.67. The zero-order valence-electron chi connectivity index (χ0n) is 11.8. The van der Waals surface area contributed by atoms with Gasteiger partial charge < -0.3 is 5.73 Å². The third kappa shape index (κ3) is 4.29. The van der Waals surface area contributed by atoms with Gasteiger partial charge >= 0.3 is 0 Å². The lowest BCUT2D eigenvalue weighted by molar-refractivity contribution is 0.142. The van der Waals surface area contributed by atoms with E-state index in [-0.39, 0.29) is 5.82 Å². The van der Waals surface area contributed by atoms with Gasteiger partial charge in [0.2, 0.25) is 0 Å². The van der Waals surface area contributed by atoms with E-state index < -0.39 is 0 Å². The van der Waals surface area contributed by atoms with Crippen LogP contribution in [0.15, 0.2) is 24.3 Å². The Balaban J connectivity index is 1.99. The molecule has 0 aliphatic heterocycles. The number of nitrogens with two attached hydrogens (primary N) is 1. The van der Waals surface area contributed by atoms with E-state index in [4.69, 9.17) is 5.73 Å². The lowest BCUT2D eigenvalue weighted by Gasteiger charge is -2.36. The van der Waals surface area contributed by atoms with Crippen molar-refractivity contribution in [2.45, 2.75) is 57.7 Å². The highest BCUT2D eigenvalue weighted by atomic mass is 19.1. The highest BCUT2D eigenvalue weighted by Gasteiger charge is 2.23. The van der Waals surface area contributed by atoms with Crippen LogP contribution >= 0.6 is 0 Å². The molecule has 0 aromatic heterocycles. The van der Waals surface area contributed by atoms with Crippen LogP contribution in [0.2, 0.25) is 0 Å². The molecule has 1 saturated carbocycles. The Morgan fingerprint density at radius 3 is 2.63 bits per heavy atom. The highest BCUT2D eigenvalue weighted by Crippen LogP contribution is 2.24. The monoisotopic (exact) mass is 264 g/mol. The fraction of sp³-hybridized carbons (Fsp3) is 0.625. The van der Waals surface area contributed by atoms with E-state index >= 15 is 0 Å². The minimum atomic E-state index is -0.139. The summed E-state index contributed by atoms with van der Waals surface area (Å²) in [7, 11) is 0. The number of nitrogens with zero attached hydrogens (tertiary/aromatic N) is 1. The van der Waals surface area contributed by atoms with Crippen LogP contribution in [0.1, 0.15) is 44.6 Å². The van der Waals surface area contributed by atoms with Gasteiger partial charge in [0.05, 0.1) is 0 Å². The Bertz CT molecular complexity index is 386. The quantitative estimate of drug-likeness (QED) is 0.884. The molecule has 19 heavy (non-hydrogen) atoms. The maximum absolute atomic E-state index is 13.3. The van der Waals surface area contributed by atoms with Gasteiger partial charge in [-0.1, -0.05) is 19.1 Å². The van der Waals surface area contributed by atoms with Crippen molar-refractivity contribution in [2.75, 3.05) is 6.54 Å². The van der Waals surface area contributed by atoms with Crippen LogP contribution in [0, 0.1) is 5.82 Å². The highest BCUT2D eigenvalue weighted by molar-refractivity contribution is 5.16. The molecular formula is C16H25FN2.